The fraction of sp³-hybridized carbons (Fsp3) is 0.375. The van der Waals surface area contributed by atoms with Gasteiger partial charge in [0.05, 0.1) is 12.4 Å². The first-order chi connectivity index (χ1) is 12.9. The lowest BCUT2D eigenvalue weighted by atomic mass is 10.2. The van der Waals surface area contributed by atoms with Gasteiger partial charge in [-0.3, -0.25) is 4.79 Å². The minimum atomic E-state index is -4.72. The first-order valence-corrected chi connectivity index (χ1v) is 8.20. The summed E-state index contributed by atoms with van der Waals surface area (Å²) >= 11 is 0. The summed E-state index contributed by atoms with van der Waals surface area (Å²) in [4.78, 5) is 20.1. The molecule has 1 aliphatic heterocycles. The Bertz CT molecular complexity index is 962. The van der Waals surface area contributed by atoms with Crippen LogP contribution in [0.15, 0.2) is 28.9 Å². The number of carbonyl (C=O) groups excluding carboxylic acids is 1. The van der Waals surface area contributed by atoms with E-state index in [4.69, 9.17) is 9.15 Å². The lowest BCUT2D eigenvalue weighted by molar-refractivity contribution is -0.142. The van der Waals surface area contributed by atoms with E-state index in [-0.39, 0.29) is 29.9 Å². The Hall–Kier alpha value is -2.95. The number of hydrogen-bond acceptors (Lipinski definition) is 6. The molecule has 0 spiro atoms. The van der Waals surface area contributed by atoms with Crippen LogP contribution in [0.2, 0.25) is 0 Å². The summed E-state index contributed by atoms with van der Waals surface area (Å²) in [6, 6.07) is 3.81. The summed E-state index contributed by atoms with van der Waals surface area (Å²) in [6.07, 6.45) is -1.79. The minimum Gasteiger partial charge on any atom is -0.463 e. The van der Waals surface area contributed by atoms with Gasteiger partial charge in [-0.1, -0.05) is 0 Å². The summed E-state index contributed by atoms with van der Waals surface area (Å²) in [5.41, 5.74) is -1.16. The molecule has 0 saturated carbocycles. The molecule has 0 aliphatic carbocycles. The molecular weight excluding hydrogens is 367 g/mol. The van der Waals surface area contributed by atoms with Gasteiger partial charge in [-0.15, -0.1) is 5.10 Å². The Morgan fingerprint density at radius 2 is 2.22 bits per heavy atom. The van der Waals surface area contributed by atoms with Crippen LogP contribution < -0.4 is 5.32 Å². The SMILES string of the molecule is O=C(NC[C@@H]1CCCO1)c1nc2nc(-c3ccco3)cc(C(F)(F)F)n2n1. The van der Waals surface area contributed by atoms with Crippen molar-refractivity contribution in [2.75, 3.05) is 13.2 Å². The Labute approximate surface area is 150 Å². The predicted octanol–water partition coefficient (Wildman–Crippen LogP) is 2.31. The molecule has 3 aromatic rings. The van der Waals surface area contributed by atoms with Gasteiger partial charge in [0.15, 0.2) is 11.5 Å². The molecule has 0 radical (unpaired) electrons. The molecule has 1 amide bonds. The molecule has 0 bridgehead atoms. The van der Waals surface area contributed by atoms with Crippen molar-refractivity contribution in [3.8, 4) is 11.5 Å². The van der Waals surface area contributed by atoms with E-state index in [9.17, 15) is 18.0 Å². The van der Waals surface area contributed by atoms with Crippen molar-refractivity contribution in [3.05, 3.63) is 36.0 Å². The van der Waals surface area contributed by atoms with Gasteiger partial charge in [-0.2, -0.15) is 22.7 Å². The number of fused-ring (bicyclic) bond motifs is 1. The normalized spacial score (nSPS) is 17.5. The summed E-state index contributed by atoms with van der Waals surface area (Å²) in [5, 5.41) is 6.26. The van der Waals surface area contributed by atoms with Gasteiger partial charge in [0.1, 0.15) is 5.69 Å². The minimum absolute atomic E-state index is 0.0569. The molecule has 27 heavy (non-hydrogen) atoms. The van der Waals surface area contributed by atoms with Crippen molar-refractivity contribution in [2.24, 2.45) is 0 Å². The third-order valence-corrected chi connectivity index (χ3v) is 4.09. The van der Waals surface area contributed by atoms with Crippen LogP contribution in [0.25, 0.3) is 17.2 Å². The molecule has 0 unspecified atom stereocenters. The van der Waals surface area contributed by atoms with Crippen molar-refractivity contribution >= 4 is 11.7 Å². The van der Waals surface area contributed by atoms with Crippen LogP contribution in [-0.4, -0.2) is 44.7 Å². The topological polar surface area (TPSA) is 94.5 Å². The number of nitrogens with one attached hydrogen (secondary N) is 1. The largest absolute Gasteiger partial charge is 0.463 e. The molecule has 0 aromatic carbocycles. The number of amides is 1. The average Bonchev–Trinajstić information content (AvgIpc) is 3.38. The molecule has 4 rings (SSSR count). The van der Waals surface area contributed by atoms with Crippen molar-refractivity contribution in [2.45, 2.75) is 25.1 Å². The second-order valence-corrected chi connectivity index (χ2v) is 5.99. The zero-order valence-corrected chi connectivity index (χ0v) is 13.9. The second-order valence-electron chi connectivity index (χ2n) is 5.99. The Balaban J connectivity index is 1.68. The van der Waals surface area contributed by atoms with Gasteiger partial charge in [-0.25, -0.2) is 4.98 Å². The number of carbonyl (C=O) groups is 1. The third kappa shape index (κ3) is 3.50. The van der Waals surface area contributed by atoms with Gasteiger partial charge in [0.25, 0.3) is 11.7 Å². The molecule has 1 atom stereocenters. The predicted molar refractivity (Wildman–Crippen MR) is 84.8 cm³/mol. The highest BCUT2D eigenvalue weighted by Crippen LogP contribution is 2.31. The highest BCUT2D eigenvalue weighted by molar-refractivity contribution is 5.90. The fourth-order valence-corrected chi connectivity index (χ4v) is 2.81. The maximum absolute atomic E-state index is 13.4. The van der Waals surface area contributed by atoms with Crippen LogP contribution in [0.1, 0.15) is 29.2 Å². The van der Waals surface area contributed by atoms with E-state index in [1.807, 2.05) is 0 Å². The summed E-state index contributed by atoms with van der Waals surface area (Å²) in [6.45, 7) is 0.868. The van der Waals surface area contributed by atoms with E-state index < -0.39 is 23.6 Å². The molecule has 11 heteroatoms. The van der Waals surface area contributed by atoms with Crippen molar-refractivity contribution in [3.63, 3.8) is 0 Å². The first kappa shape index (κ1) is 17.5. The lowest BCUT2D eigenvalue weighted by Crippen LogP contribution is -2.32. The van der Waals surface area contributed by atoms with E-state index in [2.05, 4.69) is 20.4 Å². The van der Waals surface area contributed by atoms with Crippen LogP contribution in [0.5, 0.6) is 0 Å². The molecule has 142 valence electrons. The van der Waals surface area contributed by atoms with Gasteiger partial charge >= 0.3 is 6.18 Å². The smallest absolute Gasteiger partial charge is 0.433 e. The number of ether oxygens (including phenoxy) is 1. The highest BCUT2D eigenvalue weighted by atomic mass is 19.4. The quantitative estimate of drug-likeness (QED) is 0.745. The molecule has 8 nitrogen and oxygen atoms in total. The van der Waals surface area contributed by atoms with E-state index in [1.165, 1.54) is 18.4 Å². The first-order valence-electron chi connectivity index (χ1n) is 8.20. The molecule has 1 aliphatic rings. The van der Waals surface area contributed by atoms with E-state index >= 15 is 0 Å². The van der Waals surface area contributed by atoms with Gasteiger partial charge in [0.2, 0.25) is 5.82 Å². The van der Waals surface area contributed by atoms with Crippen molar-refractivity contribution < 1.29 is 27.1 Å². The number of halogens is 3. The van der Waals surface area contributed by atoms with E-state index in [0.29, 0.717) is 11.1 Å². The number of aromatic nitrogens is 4. The van der Waals surface area contributed by atoms with E-state index in [0.717, 1.165) is 18.9 Å². The Kier molecular flexibility index (Phi) is 4.30. The highest BCUT2D eigenvalue weighted by Gasteiger charge is 2.36. The number of rotatable bonds is 4. The standard InChI is InChI=1S/C16H14F3N5O3/c17-16(18,19)12-7-10(11-4-2-6-27-11)21-15-22-13(23-24(12)15)14(25)20-8-9-3-1-5-26-9/h2,4,6-7,9H,1,3,5,8H2,(H,20,25)/t9-/m0/s1. The summed E-state index contributed by atoms with van der Waals surface area (Å²) in [5.74, 6) is -1.29. The molecule has 4 heterocycles. The third-order valence-electron chi connectivity index (χ3n) is 4.09. The number of hydrogen-bond donors (Lipinski definition) is 1. The molecule has 1 N–H and O–H groups in total. The van der Waals surface area contributed by atoms with Gasteiger partial charge in [0, 0.05) is 13.2 Å². The summed E-state index contributed by atoms with van der Waals surface area (Å²) < 4.78 is 51.3. The second kappa shape index (κ2) is 6.65. The Morgan fingerprint density at radius 1 is 1.37 bits per heavy atom. The van der Waals surface area contributed by atoms with Gasteiger partial charge in [-0.05, 0) is 31.0 Å². The van der Waals surface area contributed by atoms with E-state index in [1.54, 1.807) is 0 Å². The summed E-state index contributed by atoms with van der Waals surface area (Å²) in [7, 11) is 0. The molecule has 1 fully saturated rings. The van der Waals surface area contributed by atoms with Crippen LogP contribution in [0, 0.1) is 0 Å². The molecule has 3 aromatic heterocycles. The van der Waals surface area contributed by atoms with Crippen LogP contribution in [0.3, 0.4) is 0 Å². The zero-order chi connectivity index (χ0) is 19.0. The Morgan fingerprint density at radius 3 is 2.89 bits per heavy atom. The molecule has 1 saturated heterocycles. The fourth-order valence-electron chi connectivity index (χ4n) is 2.81. The number of furan rings is 1. The van der Waals surface area contributed by atoms with Gasteiger partial charge < -0.3 is 14.5 Å². The van der Waals surface area contributed by atoms with Crippen LogP contribution in [0.4, 0.5) is 13.2 Å². The van der Waals surface area contributed by atoms with Crippen LogP contribution >= 0.6 is 0 Å². The van der Waals surface area contributed by atoms with Crippen molar-refractivity contribution in [1.29, 1.82) is 0 Å². The zero-order valence-electron chi connectivity index (χ0n) is 13.9. The number of nitrogens with zero attached hydrogens (tertiary/aromatic N) is 4. The monoisotopic (exact) mass is 381 g/mol. The maximum Gasteiger partial charge on any atom is 0.433 e. The maximum atomic E-state index is 13.4. The number of alkyl halides is 3. The molecular formula is C16H14F3N5O3. The van der Waals surface area contributed by atoms with Crippen LogP contribution in [-0.2, 0) is 10.9 Å². The average molecular weight is 381 g/mol. The van der Waals surface area contributed by atoms with Crippen molar-refractivity contribution in [1.82, 2.24) is 24.9 Å². The lowest BCUT2D eigenvalue weighted by Gasteiger charge is -2.09.